The molecule has 6 heteroatoms. The summed E-state index contributed by atoms with van der Waals surface area (Å²) < 4.78 is 0. The van der Waals surface area contributed by atoms with Crippen molar-refractivity contribution in [3.63, 3.8) is 0 Å². The maximum atomic E-state index is 13.3. The Labute approximate surface area is 163 Å². The Kier molecular flexibility index (Phi) is 4.50. The first-order chi connectivity index (χ1) is 13.0. The third-order valence-electron chi connectivity index (χ3n) is 5.04. The zero-order chi connectivity index (χ0) is 19.1. The van der Waals surface area contributed by atoms with Gasteiger partial charge < -0.3 is 15.6 Å². The van der Waals surface area contributed by atoms with Crippen LogP contribution in [0.5, 0.6) is 0 Å². The molecule has 1 aliphatic rings. The Morgan fingerprint density at radius 1 is 1.26 bits per heavy atom. The molecule has 0 unspecified atom stereocenters. The van der Waals surface area contributed by atoms with Gasteiger partial charge in [0.2, 0.25) is 0 Å². The number of aromatic nitrogens is 2. The second kappa shape index (κ2) is 6.83. The predicted octanol–water partition coefficient (Wildman–Crippen LogP) is 4.01. The van der Waals surface area contributed by atoms with Crippen LogP contribution in [0, 0.1) is 13.8 Å². The quantitative estimate of drug-likeness (QED) is 0.705. The number of anilines is 1. The van der Waals surface area contributed by atoms with Crippen LogP contribution >= 0.6 is 11.6 Å². The highest BCUT2D eigenvalue weighted by Gasteiger charge is 2.27. The number of hydrogen-bond acceptors (Lipinski definition) is 3. The number of nitrogens with two attached hydrogens (primary N) is 1. The number of nitrogens with one attached hydrogen (secondary N) is 1. The number of imidazole rings is 1. The summed E-state index contributed by atoms with van der Waals surface area (Å²) >= 11 is 6.25. The number of rotatable bonds is 2. The van der Waals surface area contributed by atoms with Gasteiger partial charge in [0, 0.05) is 35.7 Å². The van der Waals surface area contributed by atoms with Crippen LogP contribution in [0.1, 0.15) is 33.0 Å². The second-order valence-electron chi connectivity index (χ2n) is 6.86. The molecule has 0 saturated carbocycles. The van der Waals surface area contributed by atoms with E-state index in [1.807, 2.05) is 55.1 Å². The van der Waals surface area contributed by atoms with Crippen molar-refractivity contribution in [2.75, 3.05) is 11.4 Å². The van der Waals surface area contributed by atoms with Gasteiger partial charge in [-0.1, -0.05) is 17.7 Å². The lowest BCUT2D eigenvalue weighted by atomic mass is 10.0. The molecule has 3 N–H and O–H groups in total. The van der Waals surface area contributed by atoms with Crippen molar-refractivity contribution in [1.29, 1.82) is 0 Å². The fraction of sp³-hybridized carbons (Fsp3) is 0.238. The molecule has 0 radical (unpaired) electrons. The summed E-state index contributed by atoms with van der Waals surface area (Å²) in [4.78, 5) is 23.1. The van der Waals surface area contributed by atoms with Gasteiger partial charge in [0.15, 0.2) is 0 Å². The van der Waals surface area contributed by atoms with E-state index in [0.717, 1.165) is 39.6 Å². The molecule has 1 aromatic heterocycles. The highest BCUT2D eigenvalue weighted by molar-refractivity contribution is 6.31. The molecule has 4 rings (SSSR count). The van der Waals surface area contributed by atoms with Crippen molar-refractivity contribution in [1.82, 2.24) is 9.97 Å². The van der Waals surface area contributed by atoms with E-state index in [0.29, 0.717) is 30.1 Å². The topological polar surface area (TPSA) is 75.0 Å². The zero-order valence-electron chi connectivity index (χ0n) is 15.3. The summed E-state index contributed by atoms with van der Waals surface area (Å²) in [5.74, 6) is 0.825. The molecule has 1 aliphatic heterocycles. The molecule has 0 atom stereocenters. The molecule has 0 saturated heterocycles. The van der Waals surface area contributed by atoms with E-state index in [-0.39, 0.29) is 5.91 Å². The number of hydrogen-bond donors (Lipinski definition) is 2. The number of benzene rings is 2. The van der Waals surface area contributed by atoms with Crippen LogP contribution in [0.2, 0.25) is 5.02 Å². The minimum absolute atomic E-state index is 0.0351. The third kappa shape index (κ3) is 3.13. The van der Waals surface area contributed by atoms with Crippen LogP contribution in [0.15, 0.2) is 36.4 Å². The summed E-state index contributed by atoms with van der Waals surface area (Å²) in [7, 11) is 0. The van der Waals surface area contributed by atoms with Crippen LogP contribution in [0.25, 0.3) is 11.3 Å². The molecule has 2 heterocycles. The summed E-state index contributed by atoms with van der Waals surface area (Å²) in [6.07, 6.45) is 0.678. The molecule has 138 valence electrons. The lowest BCUT2D eigenvalue weighted by Gasteiger charge is -2.23. The van der Waals surface area contributed by atoms with Crippen molar-refractivity contribution >= 4 is 23.2 Å². The first-order valence-corrected chi connectivity index (χ1v) is 9.32. The number of fused-ring (bicyclic) bond motifs is 3. The van der Waals surface area contributed by atoms with Gasteiger partial charge in [-0.2, -0.15) is 0 Å². The predicted molar refractivity (Wildman–Crippen MR) is 108 cm³/mol. The number of amides is 1. The van der Waals surface area contributed by atoms with Gasteiger partial charge in [0.1, 0.15) is 5.82 Å². The van der Waals surface area contributed by atoms with Crippen molar-refractivity contribution in [2.45, 2.75) is 26.8 Å². The Morgan fingerprint density at radius 3 is 2.81 bits per heavy atom. The largest absolute Gasteiger partial charge is 0.342 e. The Balaban J connectivity index is 1.80. The van der Waals surface area contributed by atoms with E-state index in [9.17, 15) is 4.79 Å². The number of aromatic amines is 1. The lowest BCUT2D eigenvalue weighted by Crippen LogP contribution is -2.32. The molecule has 27 heavy (non-hydrogen) atoms. The average Bonchev–Trinajstić information content (AvgIpc) is 2.96. The molecule has 0 aliphatic carbocycles. The summed E-state index contributed by atoms with van der Waals surface area (Å²) in [5, 5.41) is 0.629. The van der Waals surface area contributed by atoms with Crippen molar-refractivity contribution in [2.24, 2.45) is 5.73 Å². The third-order valence-corrected chi connectivity index (χ3v) is 5.28. The van der Waals surface area contributed by atoms with Gasteiger partial charge in [-0.25, -0.2) is 4.98 Å². The van der Waals surface area contributed by atoms with E-state index in [1.54, 1.807) is 0 Å². The van der Waals surface area contributed by atoms with Gasteiger partial charge in [-0.05, 0) is 55.3 Å². The number of carbonyl (C=O) groups is 1. The second-order valence-corrected chi connectivity index (χ2v) is 7.29. The monoisotopic (exact) mass is 380 g/mol. The van der Waals surface area contributed by atoms with E-state index >= 15 is 0 Å². The smallest absolute Gasteiger partial charge is 0.258 e. The van der Waals surface area contributed by atoms with Gasteiger partial charge in [-0.15, -0.1) is 0 Å². The van der Waals surface area contributed by atoms with E-state index < -0.39 is 0 Å². The summed E-state index contributed by atoms with van der Waals surface area (Å²) in [6.45, 7) is 4.93. The number of H-pyrrole nitrogens is 1. The Hall–Kier alpha value is -2.63. The fourth-order valence-electron chi connectivity index (χ4n) is 3.65. The van der Waals surface area contributed by atoms with Crippen LogP contribution in [0.4, 0.5) is 5.69 Å². The molecule has 3 aromatic rings. The maximum Gasteiger partial charge on any atom is 0.258 e. The molecular formula is C21H21ClN4O. The van der Waals surface area contributed by atoms with Gasteiger partial charge >= 0.3 is 0 Å². The first kappa shape index (κ1) is 17.8. The highest BCUT2D eigenvalue weighted by Crippen LogP contribution is 2.37. The average molecular weight is 381 g/mol. The molecule has 0 fully saturated rings. The van der Waals surface area contributed by atoms with Gasteiger partial charge in [-0.3, -0.25) is 4.79 Å². The normalized spacial score (nSPS) is 13.1. The molecule has 2 aromatic carbocycles. The molecule has 0 spiro atoms. The summed E-state index contributed by atoms with van der Waals surface area (Å²) in [6, 6.07) is 11.3. The van der Waals surface area contributed by atoms with Gasteiger partial charge in [0.05, 0.1) is 17.1 Å². The van der Waals surface area contributed by atoms with Crippen molar-refractivity contribution in [3.05, 3.63) is 69.6 Å². The zero-order valence-corrected chi connectivity index (χ0v) is 16.1. The Bertz CT molecular complexity index is 1040. The number of carbonyl (C=O) groups excluding carboxylic acids is 1. The number of aryl methyl sites for hydroxylation is 2. The van der Waals surface area contributed by atoms with Crippen LogP contribution in [0.3, 0.4) is 0 Å². The van der Waals surface area contributed by atoms with E-state index in [4.69, 9.17) is 17.3 Å². The Morgan fingerprint density at radius 2 is 2.07 bits per heavy atom. The molecule has 1 amide bonds. The van der Waals surface area contributed by atoms with Crippen LogP contribution < -0.4 is 10.6 Å². The summed E-state index contributed by atoms with van der Waals surface area (Å²) in [5.41, 5.74) is 12.1. The van der Waals surface area contributed by atoms with E-state index in [1.165, 1.54) is 0 Å². The highest BCUT2D eigenvalue weighted by atomic mass is 35.5. The number of nitrogens with zero attached hydrogens (tertiary/aromatic N) is 2. The van der Waals surface area contributed by atoms with Crippen LogP contribution in [-0.4, -0.2) is 22.4 Å². The fourth-order valence-corrected chi connectivity index (χ4v) is 3.82. The first-order valence-electron chi connectivity index (χ1n) is 8.95. The molecule has 5 nitrogen and oxygen atoms in total. The molecule has 0 bridgehead atoms. The van der Waals surface area contributed by atoms with Crippen molar-refractivity contribution in [3.8, 4) is 11.3 Å². The standard InChI is InChI=1S/C21H21ClN4O/c1-12-9-14(3-4-15(12)11-23)21(27)26-8-7-18-20(25-13(2)24-18)17-10-16(22)5-6-19(17)26/h3-6,9-10H,7-8,11,23H2,1-2H3,(H,24,25). The van der Waals surface area contributed by atoms with Crippen molar-refractivity contribution < 1.29 is 4.79 Å². The maximum absolute atomic E-state index is 13.3. The van der Waals surface area contributed by atoms with E-state index in [2.05, 4.69) is 9.97 Å². The SMILES string of the molecule is Cc1nc2c([nH]1)-c1cc(Cl)ccc1N(C(=O)c1ccc(CN)c(C)c1)CC2. The molecular weight excluding hydrogens is 360 g/mol. The minimum Gasteiger partial charge on any atom is -0.342 e. The van der Waals surface area contributed by atoms with Gasteiger partial charge in [0.25, 0.3) is 5.91 Å². The number of halogens is 1. The lowest BCUT2D eigenvalue weighted by molar-refractivity contribution is 0.0987. The van der Waals surface area contributed by atoms with Crippen LogP contribution in [-0.2, 0) is 13.0 Å². The minimum atomic E-state index is -0.0351.